The Bertz CT molecular complexity index is 879. The van der Waals surface area contributed by atoms with Gasteiger partial charge in [0.15, 0.2) is 0 Å². The van der Waals surface area contributed by atoms with Crippen LogP contribution >= 0.6 is 0 Å². The predicted octanol–water partition coefficient (Wildman–Crippen LogP) is 4.12. The van der Waals surface area contributed by atoms with Gasteiger partial charge in [-0.2, -0.15) is 13.2 Å². The Hall–Kier alpha value is -2.83. The molecule has 0 radical (unpaired) electrons. The second kappa shape index (κ2) is 9.78. The van der Waals surface area contributed by atoms with Crippen molar-refractivity contribution in [3.05, 3.63) is 70.8 Å². The normalized spacial score (nSPS) is 13.6. The molecule has 0 unspecified atom stereocenters. The Morgan fingerprint density at radius 3 is 2.37 bits per heavy atom. The van der Waals surface area contributed by atoms with Gasteiger partial charge in [-0.15, -0.1) is 0 Å². The minimum atomic E-state index is -4.36. The van der Waals surface area contributed by atoms with E-state index in [0.29, 0.717) is 37.9 Å². The maximum Gasteiger partial charge on any atom is 0.416 e. The number of fused-ring (bicyclic) bond motifs is 1. The topological polar surface area (TPSA) is 49.4 Å². The fraction of sp³-hybridized carbons (Fsp3) is 0.391. The zero-order valence-electron chi connectivity index (χ0n) is 16.7. The maximum absolute atomic E-state index is 12.6. The molecular formula is C23H25F3N2O2. The van der Waals surface area contributed by atoms with Crippen molar-refractivity contribution < 1.29 is 22.8 Å². The van der Waals surface area contributed by atoms with Crippen LogP contribution in [0.25, 0.3) is 0 Å². The van der Waals surface area contributed by atoms with Gasteiger partial charge < -0.3 is 10.2 Å². The van der Waals surface area contributed by atoms with Crippen LogP contribution in [0.5, 0.6) is 0 Å². The van der Waals surface area contributed by atoms with E-state index in [-0.39, 0.29) is 18.2 Å². The van der Waals surface area contributed by atoms with E-state index in [1.54, 1.807) is 0 Å². The Labute approximate surface area is 174 Å². The van der Waals surface area contributed by atoms with E-state index in [9.17, 15) is 22.8 Å². The van der Waals surface area contributed by atoms with Crippen molar-refractivity contribution in [2.24, 2.45) is 0 Å². The van der Waals surface area contributed by atoms with E-state index in [0.717, 1.165) is 25.1 Å². The number of nitrogens with one attached hydrogen (secondary N) is 1. The standard InChI is InChI=1S/C23H25F3N2O2/c24-23(25,26)20-10-7-17(8-11-20)9-12-21(29)27-14-3-6-22(30)28-15-13-18-4-1-2-5-19(18)16-28/h1-2,4-5,7-8,10-11H,3,6,9,12-16H2,(H,27,29). The van der Waals surface area contributed by atoms with Crippen molar-refractivity contribution in [3.8, 4) is 0 Å². The molecule has 1 N–H and O–H groups in total. The number of aryl methyl sites for hydroxylation is 1. The third kappa shape index (κ3) is 6.08. The highest BCUT2D eigenvalue weighted by molar-refractivity contribution is 5.77. The summed E-state index contributed by atoms with van der Waals surface area (Å²) >= 11 is 0. The first-order valence-corrected chi connectivity index (χ1v) is 10.1. The van der Waals surface area contributed by atoms with Gasteiger partial charge in [0.05, 0.1) is 5.56 Å². The van der Waals surface area contributed by atoms with E-state index < -0.39 is 11.7 Å². The first kappa shape index (κ1) is 21.9. The van der Waals surface area contributed by atoms with Gasteiger partial charge in [-0.1, -0.05) is 36.4 Å². The maximum atomic E-state index is 12.6. The molecule has 2 amide bonds. The lowest BCUT2D eigenvalue weighted by atomic mass is 9.99. The van der Waals surface area contributed by atoms with Gasteiger partial charge in [-0.05, 0) is 48.1 Å². The number of hydrogen-bond acceptors (Lipinski definition) is 2. The van der Waals surface area contributed by atoms with Gasteiger partial charge in [-0.3, -0.25) is 9.59 Å². The summed E-state index contributed by atoms with van der Waals surface area (Å²) in [5.41, 5.74) is 2.46. The summed E-state index contributed by atoms with van der Waals surface area (Å²) in [5.74, 6) is -0.0854. The molecular weight excluding hydrogens is 393 g/mol. The van der Waals surface area contributed by atoms with Crippen LogP contribution in [0, 0.1) is 0 Å². The lowest BCUT2D eigenvalue weighted by Crippen LogP contribution is -2.36. The molecule has 0 spiro atoms. The smallest absolute Gasteiger partial charge is 0.356 e. The molecule has 1 aliphatic heterocycles. The van der Waals surface area contributed by atoms with E-state index in [4.69, 9.17) is 0 Å². The highest BCUT2D eigenvalue weighted by atomic mass is 19.4. The minimum Gasteiger partial charge on any atom is -0.356 e. The minimum absolute atomic E-state index is 0.0866. The van der Waals surface area contributed by atoms with Crippen LogP contribution in [0.2, 0.25) is 0 Å². The summed E-state index contributed by atoms with van der Waals surface area (Å²) < 4.78 is 37.7. The molecule has 2 aromatic carbocycles. The average molecular weight is 418 g/mol. The van der Waals surface area contributed by atoms with Crippen molar-refractivity contribution in [1.29, 1.82) is 0 Å². The second-order valence-electron chi connectivity index (χ2n) is 7.48. The molecule has 0 saturated carbocycles. The zero-order valence-corrected chi connectivity index (χ0v) is 16.7. The highest BCUT2D eigenvalue weighted by Crippen LogP contribution is 2.29. The molecule has 0 bridgehead atoms. The summed E-state index contributed by atoms with van der Waals surface area (Å²) in [6.07, 6.45) is -1.99. The molecule has 160 valence electrons. The fourth-order valence-electron chi connectivity index (χ4n) is 3.54. The quantitative estimate of drug-likeness (QED) is 0.688. The first-order valence-electron chi connectivity index (χ1n) is 10.1. The Balaban J connectivity index is 1.33. The van der Waals surface area contributed by atoms with Crippen molar-refractivity contribution >= 4 is 11.8 Å². The number of amides is 2. The van der Waals surface area contributed by atoms with Gasteiger partial charge in [-0.25, -0.2) is 0 Å². The number of nitrogens with zero attached hydrogens (tertiary/aromatic N) is 1. The van der Waals surface area contributed by atoms with Crippen molar-refractivity contribution in [1.82, 2.24) is 10.2 Å². The second-order valence-corrected chi connectivity index (χ2v) is 7.48. The lowest BCUT2D eigenvalue weighted by Gasteiger charge is -2.29. The van der Waals surface area contributed by atoms with Gasteiger partial charge in [0.2, 0.25) is 11.8 Å². The third-order valence-electron chi connectivity index (χ3n) is 5.29. The van der Waals surface area contributed by atoms with Crippen LogP contribution < -0.4 is 5.32 Å². The molecule has 0 atom stereocenters. The zero-order chi connectivity index (χ0) is 21.6. The van der Waals surface area contributed by atoms with Crippen molar-refractivity contribution in [3.63, 3.8) is 0 Å². The molecule has 1 heterocycles. The molecule has 2 aromatic rings. The predicted molar refractivity (Wildman–Crippen MR) is 108 cm³/mol. The van der Waals surface area contributed by atoms with E-state index in [2.05, 4.69) is 11.4 Å². The lowest BCUT2D eigenvalue weighted by molar-refractivity contribution is -0.137. The molecule has 7 heteroatoms. The SMILES string of the molecule is O=C(CCc1ccc(C(F)(F)F)cc1)NCCCC(=O)N1CCc2ccccc2C1. The molecule has 3 rings (SSSR count). The third-order valence-corrected chi connectivity index (χ3v) is 5.29. The summed E-state index contributed by atoms with van der Waals surface area (Å²) in [4.78, 5) is 26.2. The largest absolute Gasteiger partial charge is 0.416 e. The molecule has 0 saturated heterocycles. The number of halogens is 3. The summed E-state index contributed by atoms with van der Waals surface area (Å²) in [5, 5.41) is 2.77. The van der Waals surface area contributed by atoms with E-state index >= 15 is 0 Å². The van der Waals surface area contributed by atoms with Crippen molar-refractivity contribution in [2.45, 2.75) is 44.8 Å². The van der Waals surface area contributed by atoms with E-state index in [1.165, 1.54) is 23.3 Å². The molecule has 4 nitrogen and oxygen atoms in total. The van der Waals surface area contributed by atoms with Crippen LogP contribution in [0.1, 0.15) is 41.5 Å². The molecule has 0 aliphatic carbocycles. The summed E-state index contributed by atoms with van der Waals surface area (Å²) in [6.45, 7) is 1.76. The van der Waals surface area contributed by atoms with Gasteiger partial charge >= 0.3 is 6.18 Å². The Morgan fingerprint density at radius 1 is 0.967 bits per heavy atom. The number of rotatable bonds is 7. The van der Waals surface area contributed by atoms with Gasteiger partial charge in [0.1, 0.15) is 0 Å². The van der Waals surface area contributed by atoms with Crippen LogP contribution in [-0.4, -0.2) is 29.8 Å². The van der Waals surface area contributed by atoms with Crippen LogP contribution in [0.15, 0.2) is 48.5 Å². The monoisotopic (exact) mass is 418 g/mol. The Morgan fingerprint density at radius 2 is 1.67 bits per heavy atom. The first-order chi connectivity index (χ1) is 14.3. The molecule has 30 heavy (non-hydrogen) atoms. The fourth-order valence-corrected chi connectivity index (χ4v) is 3.54. The molecule has 0 aromatic heterocycles. The number of benzene rings is 2. The number of hydrogen-bond donors (Lipinski definition) is 1. The van der Waals surface area contributed by atoms with Crippen molar-refractivity contribution in [2.75, 3.05) is 13.1 Å². The van der Waals surface area contributed by atoms with E-state index in [1.807, 2.05) is 23.1 Å². The summed E-state index contributed by atoms with van der Waals surface area (Å²) in [7, 11) is 0. The summed E-state index contributed by atoms with van der Waals surface area (Å²) in [6, 6.07) is 13.0. The van der Waals surface area contributed by atoms with Gasteiger partial charge in [0, 0.05) is 32.5 Å². The highest BCUT2D eigenvalue weighted by Gasteiger charge is 2.29. The van der Waals surface area contributed by atoms with Crippen LogP contribution in [0.3, 0.4) is 0 Å². The number of alkyl halides is 3. The average Bonchev–Trinajstić information content (AvgIpc) is 2.74. The molecule has 1 aliphatic rings. The number of carbonyl (C=O) groups excluding carboxylic acids is 2. The molecule has 0 fully saturated rings. The van der Waals surface area contributed by atoms with Gasteiger partial charge in [0.25, 0.3) is 0 Å². The Kier molecular flexibility index (Phi) is 7.13. The van der Waals surface area contributed by atoms with Crippen LogP contribution in [0.4, 0.5) is 13.2 Å². The van der Waals surface area contributed by atoms with Crippen LogP contribution in [-0.2, 0) is 35.2 Å². The number of carbonyl (C=O) groups is 2.